The Morgan fingerprint density at radius 2 is 1.73 bits per heavy atom. The lowest BCUT2D eigenvalue weighted by Crippen LogP contribution is -2.46. The lowest BCUT2D eigenvalue weighted by atomic mass is 9.75. The molecule has 0 spiro atoms. The molecule has 1 aromatic heterocycles. The summed E-state index contributed by atoms with van der Waals surface area (Å²) in [6.45, 7) is 14.5. The molecule has 1 aromatic rings. The van der Waals surface area contributed by atoms with Crippen molar-refractivity contribution in [1.29, 1.82) is 5.26 Å². The zero-order valence-electron chi connectivity index (χ0n) is 19.1. The Labute approximate surface area is 179 Å². The van der Waals surface area contributed by atoms with Gasteiger partial charge in [0.2, 0.25) is 0 Å². The van der Waals surface area contributed by atoms with Crippen LogP contribution in [0.15, 0.2) is 18.3 Å². The van der Waals surface area contributed by atoms with E-state index < -0.39 is 29.3 Å². The van der Waals surface area contributed by atoms with Crippen molar-refractivity contribution in [2.24, 2.45) is 0 Å². The van der Waals surface area contributed by atoms with Crippen molar-refractivity contribution in [1.82, 2.24) is 9.88 Å². The predicted octanol–water partition coefficient (Wildman–Crippen LogP) is 3.17. The molecule has 7 nitrogen and oxygen atoms in total. The number of ether oxygens (including phenoxy) is 1. The number of aromatic nitrogens is 1. The number of carbonyl (C=O) groups is 1. The molecule has 3 heterocycles. The molecule has 1 amide bonds. The maximum absolute atomic E-state index is 12.3. The van der Waals surface area contributed by atoms with E-state index in [1.807, 2.05) is 60.6 Å². The zero-order chi connectivity index (χ0) is 22.4. The summed E-state index contributed by atoms with van der Waals surface area (Å²) in [7, 11) is -0.483. The molecule has 0 N–H and O–H groups in total. The SMILES string of the molecule is CC(C)(C)OC(=O)N1CCC(C#N)(c2ccc(B3OC(C)(C)C(C)(C)O3)cn2)CC1. The molecule has 162 valence electrons. The van der Waals surface area contributed by atoms with E-state index in [0.717, 1.165) is 5.46 Å². The average molecular weight is 413 g/mol. The van der Waals surface area contributed by atoms with E-state index in [0.29, 0.717) is 31.6 Å². The Morgan fingerprint density at radius 3 is 2.17 bits per heavy atom. The van der Waals surface area contributed by atoms with Gasteiger partial charge in [0.15, 0.2) is 0 Å². The van der Waals surface area contributed by atoms with E-state index in [-0.39, 0.29) is 6.09 Å². The van der Waals surface area contributed by atoms with Gasteiger partial charge in [0.1, 0.15) is 11.0 Å². The predicted molar refractivity (Wildman–Crippen MR) is 114 cm³/mol. The summed E-state index contributed by atoms with van der Waals surface area (Å²) in [5.41, 5.74) is -0.540. The van der Waals surface area contributed by atoms with E-state index in [1.54, 1.807) is 11.1 Å². The monoisotopic (exact) mass is 413 g/mol. The van der Waals surface area contributed by atoms with Crippen LogP contribution in [0.1, 0.15) is 67.0 Å². The number of pyridine rings is 1. The highest BCUT2D eigenvalue weighted by molar-refractivity contribution is 6.62. The van der Waals surface area contributed by atoms with Crippen molar-refractivity contribution in [2.75, 3.05) is 13.1 Å². The summed E-state index contributed by atoms with van der Waals surface area (Å²) >= 11 is 0. The molecule has 30 heavy (non-hydrogen) atoms. The fourth-order valence-electron chi connectivity index (χ4n) is 3.63. The highest BCUT2D eigenvalue weighted by Crippen LogP contribution is 2.37. The topological polar surface area (TPSA) is 84.7 Å². The highest BCUT2D eigenvalue weighted by atomic mass is 16.7. The van der Waals surface area contributed by atoms with Gasteiger partial charge in [-0.1, -0.05) is 6.07 Å². The molecule has 3 rings (SSSR count). The molecule has 0 aromatic carbocycles. The summed E-state index contributed by atoms with van der Waals surface area (Å²) in [6.07, 6.45) is 2.44. The van der Waals surface area contributed by atoms with Crippen LogP contribution in [0.2, 0.25) is 0 Å². The largest absolute Gasteiger partial charge is 0.496 e. The summed E-state index contributed by atoms with van der Waals surface area (Å²) in [6, 6.07) is 6.25. The van der Waals surface area contributed by atoms with Gasteiger partial charge in [-0.3, -0.25) is 4.98 Å². The Balaban J connectivity index is 1.70. The second-order valence-corrected chi connectivity index (χ2v) is 10.2. The quantitative estimate of drug-likeness (QED) is 0.693. The number of nitrogens with zero attached hydrogens (tertiary/aromatic N) is 3. The Morgan fingerprint density at radius 1 is 1.17 bits per heavy atom. The van der Waals surface area contributed by atoms with Crippen LogP contribution in [-0.2, 0) is 19.5 Å². The second-order valence-electron chi connectivity index (χ2n) is 10.2. The molecule has 2 aliphatic heterocycles. The maximum Gasteiger partial charge on any atom is 0.496 e. The van der Waals surface area contributed by atoms with Crippen molar-refractivity contribution in [3.8, 4) is 6.07 Å². The van der Waals surface area contributed by atoms with Crippen LogP contribution >= 0.6 is 0 Å². The van der Waals surface area contributed by atoms with E-state index in [1.165, 1.54) is 0 Å². The summed E-state index contributed by atoms with van der Waals surface area (Å²) < 4.78 is 17.6. The van der Waals surface area contributed by atoms with Gasteiger partial charge < -0.3 is 18.9 Å². The van der Waals surface area contributed by atoms with Gasteiger partial charge in [0.25, 0.3) is 0 Å². The standard InChI is InChI=1S/C22H32BN3O4/c1-19(2,3)28-18(27)26-12-10-22(15-24,11-13-26)17-9-8-16(14-25-17)23-29-20(4,5)21(6,7)30-23/h8-9,14H,10-13H2,1-7H3. The first kappa shape index (κ1) is 22.6. The van der Waals surface area contributed by atoms with Crippen molar-refractivity contribution < 1.29 is 18.8 Å². The van der Waals surface area contributed by atoms with E-state index in [4.69, 9.17) is 14.0 Å². The minimum Gasteiger partial charge on any atom is -0.444 e. The lowest BCUT2D eigenvalue weighted by molar-refractivity contribution is 0.00578. The first-order chi connectivity index (χ1) is 13.8. The molecular formula is C22H32BN3O4. The molecule has 0 bridgehead atoms. The van der Waals surface area contributed by atoms with Crippen LogP contribution in [0.25, 0.3) is 0 Å². The van der Waals surface area contributed by atoms with Gasteiger partial charge >= 0.3 is 13.2 Å². The van der Waals surface area contributed by atoms with Gasteiger partial charge in [0.05, 0.1) is 23.0 Å². The average Bonchev–Trinajstić information content (AvgIpc) is 2.88. The minimum absolute atomic E-state index is 0.335. The third-order valence-electron chi connectivity index (χ3n) is 6.28. The Hall–Kier alpha value is -2.11. The van der Waals surface area contributed by atoms with Crippen LogP contribution in [-0.4, -0.2) is 53.0 Å². The molecule has 8 heteroatoms. The number of hydrogen-bond acceptors (Lipinski definition) is 6. The van der Waals surface area contributed by atoms with Crippen molar-refractivity contribution >= 4 is 18.7 Å². The van der Waals surface area contributed by atoms with Crippen molar-refractivity contribution in [3.05, 3.63) is 24.0 Å². The molecule has 2 fully saturated rings. The van der Waals surface area contributed by atoms with Crippen LogP contribution in [0.5, 0.6) is 0 Å². The summed E-state index contributed by atoms with van der Waals surface area (Å²) in [4.78, 5) is 18.6. The first-order valence-electron chi connectivity index (χ1n) is 10.5. The molecule has 2 aliphatic rings. The smallest absolute Gasteiger partial charge is 0.444 e. The molecule has 2 saturated heterocycles. The van der Waals surface area contributed by atoms with Gasteiger partial charge in [-0.25, -0.2) is 4.79 Å². The number of rotatable bonds is 2. The fourth-order valence-corrected chi connectivity index (χ4v) is 3.63. The third kappa shape index (κ3) is 4.33. The van der Waals surface area contributed by atoms with Crippen LogP contribution in [0.3, 0.4) is 0 Å². The number of piperidine rings is 1. The van der Waals surface area contributed by atoms with Gasteiger partial charge in [-0.15, -0.1) is 0 Å². The van der Waals surface area contributed by atoms with Gasteiger partial charge in [-0.05, 0) is 67.4 Å². The van der Waals surface area contributed by atoms with Crippen molar-refractivity contribution in [2.45, 2.75) is 83.5 Å². The van der Waals surface area contributed by atoms with Crippen molar-refractivity contribution in [3.63, 3.8) is 0 Å². The zero-order valence-corrected chi connectivity index (χ0v) is 19.1. The summed E-state index contributed by atoms with van der Waals surface area (Å²) in [5, 5.41) is 9.95. The lowest BCUT2D eigenvalue weighted by Gasteiger charge is -2.37. The molecular weight excluding hydrogens is 381 g/mol. The highest BCUT2D eigenvalue weighted by Gasteiger charge is 2.52. The Kier molecular flexibility index (Phi) is 5.68. The summed E-state index contributed by atoms with van der Waals surface area (Å²) in [5.74, 6) is 0. The van der Waals surface area contributed by atoms with E-state index in [9.17, 15) is 10.1 Å². The number of hydrogen-bond donors (Lipinski definition) is 0. The number of likely N-dealkylation sites (tertiary alicyclic amines) is 1. The molecule has 0 radical (unpaired) electrons. The van der Waals surface area contributed by atoms with Gasteiger partial charge in [-0.2, -0.15) is 5.26 Å². The fraction of sp³-hybridized carbons (Fsp3) is 0.682. The molecule has 0 atom stereocenters. The van der Waals surface area contributed by atoms with Crippen LogP contribution < -0.4 is 5.46 Å². The molecule has 0 aliphatic carbocycles. The number of amides is 1. The molecule has 0 unspecified atom stereocenters. The van der Waals surface area contributed by atoms with Crippen LogP contribution in [0.4, 0.5) is 4.79 Å². The maximum atomic E-state index is 12.3. The number of carbonyl (C=O) groups excluding carboxylic acids is 1. The Bertz CT molecular complexity index is 815. The van der Waals surface area contributed by atoms with E-state index in [2.05, 4.69) is 11.1 Å². The van der Waals surface area contributed by atoms with E-state index >= 15 is 0 Å². The first-order valence-corrected chi connectivity index (χ1v) is 10.5. The minimum atomic E-state index is -0.715. The number of nitriles is 1. The molecule has 0 saturated carbocycles. The second kappa shape index (κ2) is 7.54. The van der Waals surface area contributed by atoms with Gasteiger partial charge in [0, 0.05) is 24.7 Å². The van der Waals surface area contributed by atoms with Crippen LogP contribution in [0, 0.1) is 11.3 Å². The third-order valence-corrected chi connectivity index (χ3v) is 6.28. The normalized spacial score (nSPS) is 22.5.